The van der Waals surface area contributed by atoms with Gasteiger partial charge in [0.1, 0.15) is 6.33 Å². The number of nitrogens with one attached hydrogen (secondary N) is 1. The largest absolute Gasteiger partial charge is 0.326 e. The minimum absolute atomic E-state index is 0.412. The lowest BCUT2D eigenvalue weighted by Crippen LogP contribution is -2.02. The first-order chi connectivity index (χ1) is 4.34. The molecule has 0 aliphatic rings. The number of nitrogens with zero attached hydrogens (tertiary/aromatic N) is 2. The number of aromatic nitrogens is 3. The molecule has 1 rings (SSSR count). The Bertz CT molecular complexity index is 189. The van der Waals surface area contributed by atoms with E-state index in [2.05, 4.69) is 21.8 Å². The zero-order valence-electron chi connectivity index (χ0n) is 4.96. The second-order valence-corrected chi connectivity index (χ2v) is 1.64. The molecule has 0 amide bonds. The van der Waals surface area contributed by atoms with Crippen molar-refractivity contribution in [3.63, 3.8) is 0 Å². The maximum absolute atomic E-state index is 5.28. The average molecular weight is 124 g/mol. The van der Waals surface area contributed by atoms with Crippen molar-refractivity contribution in [1.82, 2.24) is 15.2 Å². The van der Waals surface area contributed by atoms with Crippen molar-refractivity contribution in [3.05, 3.63) is 18.7 Å². The molecule has 9 heavy (non-hydrogen) atoms. The molecule has 0 aliphatic carbocycles. The molecule has 1 heterocycles. The van der Waals surface area contributed by atoms with Gasteiger partial charge in [0.2, 0.25) is 0 Å². The van der Waals surface area contributed by atoms with Crippen LogP contribution in [0.5, 0.6) is 0 Å². The number of hydrogen-bond acceptors (Lipinski definition) is 3. The van der Waals surface area contributed by atoms with Crippen LogP contribution < -0.4 is 5.73 Å². The van der Waals surface area contributed by atoms with Crippen LogP contribution in [0.4, 0.5) is 0 Å². The van der Waals surface area contributed by atoms with Gasteiger partial charge in [-0.25, -0.2) is 4.98 Å². The van der Waals surface area contributed by atoms with E-state index in [-0.39, 0.29) is 0 Å². The Kier molecular flexibility index (Phi) is 1.60. The first-order valence-corrected chi connectivity index (χ1v) is 2.58. The maximum atomic E-state index is 5.28. The lowest BCUT2D eigenvalue weighted by atomic mass is 10.3. The van der Waals surface area contributed by atoms with Gasteiger partial charge in [-0.2, -0.15) is 5.10 Å². The fourth-order valence-electron chi connectivity index (χ4n) is 0.472. The van der Waals surface area contributed by atoms with Crippen molar-refractivity contribution < 1.29 is 0 Å². The number of aromatic amines is 1. The summed E-state index contributed by atoms with van der Waals surface area (Å²) in [6, 6.07) is 0. The van der Waals surface area contributed by atoms with E-state index in [4.69, 9.17) is 5.73 Å². The molecule has 0 bridgehead atoms. The van der Waals surface area contributed by atoms with Gasteiger partial charge in [0.25, 0.3) is 0 Å². The van der Waals surface area contributed by atoms with E-state index in [0.717, 1.165) is 5.57 Å². The van der Waals surface area contributed by atoms with Crippen molar-refractivity contribution in [2.24, 2.45) is 5.73 Å². The Morgan fingerprint density at radius 1 is 1.89 bits per heavy atom. The van der Waals surface area contributed by atoms with Gasteiger partial charge in [0, 0.05) is 12.1 Å². The van der Waals surface area contributed by atoms with Gasteiger partial charge in [-0.3, -0.25) is 5.10 Å². The molecule has 0 aliphatic heterocycles. The zero-order valence-corrected chi connectivity index (χ0v) is 4.96. The van der Waals surface area contributed by atoms with Crippen LogP contribution in [0.2, 0.25) is 0 Å². The van der Waals surface area contributed by atoms with E-state index in [0.29, 0.717) is 12.4 Å². The molecular weight excluding hydrogens is 116 g/mol. The van der Waals surface area contributed by atoms with Gasteiger partial charge in [0.15, 0.2) is 5.82 Å². The van der Waals surface area contributed by atoms with E-state index in [9.17, 15) is 0 Å². The predicted octanol–water partition coefficient (Wildman–Crippen LogP) is -0.223. The molecule has 1 aromatic rings. The third-order valence-electron chi connectivity index (χ3n) is 0.996. The summed E-state index contributed by atoms with van der Waals surface area (Å²) in [5.41, 5.74) is 6.05. The first-order valence-electron chi connectivity index (χ1n) is 2.58. The SMILES string of the molecule is C=C(CN)c1ncn[nH]1. The normalized spacial score (nSPS) is 9.44. The lowest BCUT2D eigenvalue weighted by molar-refractivity contribution is 1.06. The highest BCUT2D eigenvalue weighted by Gasteiger charge is 1.96. The van der Waals surface area contributed by atoms with Gasteiger partial charge in [-0.15, -0.1) is 0 Å². The van der Waals surface area contributed by atoms with Crippen LogP contribution in [-0.4, -0.2) is 21.7 Å². The summed E-state index contributed by atoms with van der Waals surface area (Å²) in [6.07, 6.45) is 1.43. The van der Waals surface area contributed by atoms with E-state index in [1.807, 2.05) is 0 Å². The fraction of sp³-hybridized carbons (Fsp3) is 0.200. The van der Waals surface area contributed by atoms with Gasteiger partial charge in [-0.1, -0.05) is 6.58 Å². The van der Waals surface area contributed by atoms with Crippen molar-refractivity contribution >= 4 is 5.57 Å². The maximum Gasteiger partial charge on any atom is 0.152 e. The molecule has 4 heteroatoms. The predicted molar refractivity (Wildman–Crippen MR) is 34.5 cm³/mol. The van der Waals surface area contributed by atoms with E-state index >= 15 is 0 Å². The molecule has 0 radical (unpaired) electrons. The Balaban J connectivity index is 2.77. The quantitative estimate of drug-likeness (QED) is 0.572. The Hall–Kier alpha value is -1.16. The molecule has 4 nitrogen and oxygen atoms in total. The smallest absolute Gasteiger partial charge is 0.152 e. The molecule has 3 N–H and O–H groups in total. The molecule has 0 atom stereocenters. The van der Waals surface area contributed by atoms with Crippen LogP contribution in [-0.2, 0) is 0 Å². The fourth-order valence-corrected chi connectivity index (χ4v) is 0.472. The number of H-pyrrole nitrogens is 1. The Morgan fingerprint density at radius 3 is 3.11 bits per heavy atom. The van der Waals surface area contributed by atoms with E-state index < -0.39 is 0 Å². The van der Waals surface area contributed by atoms with E-state index in [1.165, 1.54) is 6.33 Å². The summed E-state index contributed by atoms with van der Waals surface area (Å²) in [5, 5.41) is 6.29. The Morgan fingerprint density at radius 2 is 2.67 bits per heavy atom. The third kappa shape index (κ3) is 1.14. The van der Waals surface area contributed by atoms with Crippen molar-refractivity contribution in [2.75, 3.05) is 6.54 Å². The third-order valence-corrected chi connectivity index (χ3v) is 0.996. The zero-order chi connectivity index (χ0) is 6.69. The van der Waals surface area contributed by atoms with Gasteiger partial charge >= 0.3 is 0 Å². The minimum atomic E-state index is 0.412. The molecule has 0 saturated carbocycles. The van der Waals surface area contributed by atoms with Crippen molar-refractivity contribution in [1.29, 1.82) is 0 Å². The molecule has 1 aromatic heterocycles. The van der Waals surface area contributed by atoms with Gasteiger partial charge < -0.3 is 5.73 Å². The topological polar surface area (TPSA) is 67.6 Å². The molecular formula is C5H8N4. The molecule has 0 saturated heterocycles. The van der Waals surface area contributed by atoms with Crippen LogP contribution >= 0.6 is 0 Å². The van der Waals surface area contributed by atoms with Crippen molar-refractivity contribution in [3.8, 4) is 0 Å². The average Bonchev–Trinajstić information content (AvgIpc) is 2.37. The summed E-state index contributed by atoms with van der Waals surface area (Å²) in [6.45, 7) is 4.07. The number of nitrogens with two attached hydrogens (primary N) is 1. The second kappa shape index (κ2) is 2.41. The highest BCUT2D eigenvalue weighted by atomic mass is 15.2. The molecule has 48 valence electrons. The highest BCUT2D eigenvalue weighted by molar-refractivity contribution is 5.57. The van der Waals surface area contributed by atoms with Crippen LogP contribution in [0.3, 0.4) is 0 Å². The summed E-state index contributed by atoms with van der Waals surface area (Å²) in [5.74, 6) is 0.664. The van der Waals surface area contributed by atoms with Gasteiger partial charge in [0.05, 0.1) is 0 Å². The van der Waals surface area contributed by atoms with Crippen molar-refractivity contribution in [2.45, 2.75) is 0 Å². The monoisotopic (exact) mass is 124 g/mol. The summed E-state index contributed by atoms with van der Waals surface area (Å²) < 4.78 is 0. The summed E-state index contributed by atoms with van der Waals surface area (Å²) >= 11 is 0. The Labute approximate surface area is 52.8 Å². The first kappa shape index (κ1) is 5.97. The van der Waals surface area contributed by atoms with Crippen LogP contribution in [0.1, 0.15) is 5.82 Å². The summed E-state index contributed by atoms with van der Waals surface area (Å²) in [4.78, 5) is 3.84. The van der Waals surface area contributed by atoms with Crippen LogP contribution in [0, 0.1) is 0 Å². The second-order valence-electron chi connectivity index (χ2n) is 1.64. The molecule has 0 fully saturated rings. The summed E-state index contributed by atoms with van der Waals surface area (Å²) in [7, 11) is 0. The highest BCUT2D eigenvalue weighted by Crippen LogP contribution is 1.99. The molecule has 0 unspecified atom stereocenters. The lowest BCUT2D eigenvalue weighted by Gasteiger charge is -1.92. The standard InChI is InChI=1S/C5H8N4/c1-4(2-6)5-7-3-8-9-5/h3H,1-2,6H2,(H,7,8,9). The van der Waals surface area contributed by atoms with Crippen LogP contribution in [0.25, 0.3) is 5.57 Å². The van der Waals surface area contributed by atoms with E-state index in [1.54, 1.807) is 0 Å². The van der Waals surface area contributed by atoms with Crippen LogP contribution in [0.15, 0.2) is 12.9 Å². The molecule has 0 spiro atoms. The van der Waals surface area contributed by atoms with Gasteiger partial charge in [-0.05, 0) is 0 Å². The number of hydrogen-bond donors (Lipinski definition) is 2. The molecule has 0 aromatic carbocycles. The minimum Gasteiger partial charge on any atom is -0.326 e. The number of rotatable bonds is 2.